The normalized spacial score (nSPS) is 23.8. The molecule has 1 aliphatic heterocycles. The lowest BCUT2D eigenvalue weighted by Gasteiger charge is -2.39. The average molecular weight is 421 g/mol. The zero-order valence-electron chi connectivity index (χ0n) is 17.4. The van der Waals surface area contributed by atoms with Gasteiger partial charge in [0.25, 0.3) is 5.91 Å². The van der Waals surface area contributed by atoms with E-state index in [4.69, 9.17) is 16.3 Å². The molecule has 1 aliphatic carbocycles. The number of nitriles is 1. The fourth-order valence-corrected chi connectivity index (χ4v) is 4.58. The molecule has 2 aliphatic rings. The van der Waals surface area contributed by atoms with Crippen LogP contribution in [0.2, 0.25) is 5.02 Å². The molecule has 0 atom stereocenters. The monoisotopic (exact) mass is 420 g/mol. The number of rotatable bonds is 7. The van der Waals surface area contributed by atoms with Gasteiger partial charge in [0.1, 0.15) is 50.6 Å². The summed E-state index contributed by atoms with van der Waals surface area (Å²) in [5, 5.41) is 10.4. The summed E-state index contributed by atoms with van der Waals surface area (Å²) in [7, 11) is 1.83. The Morgan fingerprint density at radius 2 is 1.76 bits per heavy atom. The van der Waals surface area contributed by atoms with Gasteiger partial charge in [0.15, 0.2) is 6.54 Å². The highest BCUT2D eigenvalue weighted by molar-refractivity contribution is 6.30. The van der Waals surface area contributed by atoms with Gasteiger partial charge >= 0.3 is 0 Å². The van der Waals surface area contributed by atoms with Crippen molar-refractivity contribution in [1.82, 2.24) is 4.90 Å². The zero-order valence-corrected chi connectivity index (χ0v) is 18.1. The molecule has 6 nitrogen and oxygen atoms in total. The van der Waals surface area contributed by atoms with Gasteiger partial charge in [-0.2, -0.15) is 5.26 Å². The SMILES string of the molecule is CN(C(=O)C[NH+]1CC[NH+](CCOc2ccc(Cl)cc2)CC1)C1(C#N)CCCCC1. The number of nitrogens with one attached hydrogen (secondary N) is 2. The molecule has 0 unspecified atom stereocenters. The minimum absolute atomic E-state index is 0.109. The molecule has 0 spiro atoms. The van der Waals surface area contributed by atoms with Crippen LogP contribution >= 0.6 is 11.6 Å². The van der Waals surface area contributed by atoms with Gasteiger partial charge in [-0.25, -0.2) is 0 Å². The first-order valence-electron chi connectivity index (χ1n) is 10.8. The fraction of sp³-hybridized carbons (Fsp3) is 0.636. The van der Waals surface area contributed by atoms with E-state index in [1.807, 2.05) is 31.3 Å². The molecule has 2 N–H and O–H groups in total. The highest BCUT2D eigenvalue weighted by Gasteiger charge is 2.40. The number of halogens is 1. The highest BCUT2D eigenvalue weighted by Crippen LogP contribution is 2.32. The maximum Gasteiger partial charge on any atom is 0.278 e. The standard InChI is InChI=1S/C22H31ClN4O2/c1-25(22(18-24)9-3-2-4-10-22)21(28)17-27-13-11-26(12-14-27)15-16-29-20-7-5-19(23)6-8-20/h5-8H,2-4,9-17H2,1H3/p+2. The molecule has 1 saturated heterocycles. The van der Waals surface area contributed by atoms with E-state index in [0.717, 1.165) is 64.2 Å². The fourth-order valence-electron chi connectivity index (χ4n) is 4.46. The van der Waals surface area contributed by atoms with Crippen molar-refractivity contribution in [3.8, 4) is 11.8 Å². The number of hydrogen-bond donors (Lipinski definition) is 2. The first-order valence-corrected chi connectivity index (χ1v) is 11.1. The quantitative estimate of drug-likeness (QED) is 0.661. The zero-order chi connectivity index (χ0) is 20.7. The highest BCUT2D eigenvalue weighted by atomic mass is 35.5. The molecule has 1 aromatic carbocycles. The Morgan fingerprint density at radius 1 is 1.14 bits per heavy atom. The van der Waals surface area contributed by atoms with Gasteiger partial charge < -0.3 is 19.4 Å². The van der Waals surface area contributed by atoms with Crippen molar-refractivity contribution in [3.05, 3.63) is 29.3 Å². The van der Waals surface area contributed by atoms with E-state index in [1.54, 1.807) is 4.90 Å². The maximum atomic E-state index is 12.8. The number of nitrogens with zero attached hydrogens (tertiary/aromatic N) is 2. The van der Waals surface area contributed by atoms with Gasteiger partial charge in [-0.3, -0.25) is 4.79 Å². The summed E-state index contributed by atoms with van der Waals surface area (Å²) in [5.74, 6) is 0.957. The first-order chi connectivity index (χ1) is 14.0. The third-order valence-corrected chi connectivity index (χ3v) is 6.76. The van der Waals surface area contributed by atoms with Crippen LogP contribution in [0.5, 0.6) is 5.75 Å². The van der Waals surface area contributed by atoms with Crippen LogP contribution < -0.4 is 14.5 Å². The Bertz CT molecular complexity index is 705. The van der Waals surface area contributed by atoms with E-state index in [9.17, 15) is 10.1 Å². The predicted molar refractivity (Wildman–Crippen MR) is 112 cm³/mol. The molecule has 2 fully saturated rings. The van der Waals surface area contributed by atoms with Crippen LogP contribution in [0.4, 0.5) is 0 Å². The number of piperazine rings is 1. The lowest BCUT2D eigenvalue weighted by atomic mass is 9.81. The van der Waals surface area contributed by atoms with Crippen LogP contribution in [-0.2, 0) is 4.79 Å². The van der Waals surface area contributed by atoms with E-state index in [1.165, 1.54) is 16.2 Å². The maximum absolute atomic E-state index is 12.8. The molecule has 0 bridgehead atoms. The predicted octanol–water partition coefficient (Wildman–Crippen LogP) is 0.187. The topological polar surface area (TPSA) is 62.2 Å². The average Bonchev–Trinajstić information content (AvgIpc) is 2.76. The van der Waals surface area contributed by atoms with Gasteiger partial charge in [-0.15, -0.1) is 0 Å². The molecule has 7 heteroatoms. The van der Waals surface area contributed by atoms with Crippen molar-refractivity contribution in [2.45, 2.75) is 37.6 Å². The van der Waals surface area contributed by atoms with Crippen LogP contribution in [-0.4, -0.2) is 69.3 Å². The largest absolute Gasteiger partial charge is 0.488 e. The lowest BCUT2D eigenvalue weighted by molar-refractivity contribution is -1.01. The molecule has 0 aromatic heterocycles. The summed E-state index contributed by atoms with van der Waals surface area (Å²) in [4.78, 5) is 17.4. The van der Waals surface area contributed by atoms with Gasteiger partial charge in [-0.1, -0.05) is 30.9 Å². The summed E-state index contributed by atoms with van der Waals surface area (Å²) in [5.41, 5.74) is -0.582. The lowest BCUT2D eigenvalue weighted by Crippen LogP contribution is -3.28. The van der Waals surface area contributed by atoms with Gasteiger partial charge in [-0.05, 0) is 37.1 Å². The Labute approximate surface area is 179 Å². The number of carbonyl (C=O) groups is 1. The molecule has 1 amide bonds. The summed E-state index contributed by atoms with van der Waals surface area (Å²) < 4.78 is 5.80. The van der Waals surface area contributed by atoms with Crippen molar-refractivity contribution in [2.75, 3.05) is 52.9 Å². The van der Waals surface area contributed by atoms with Crippen molar-refractivity contribution in [2.24, 2.45) is 0 Å². The van der Waals surface area contributed by atoms with Crippen molar-refractivity contribution in [1.29, 1.82) is 5.26 Å². The summed E-state index contributed by atoms with van der Waals surface area (Å²) in [6.07, 6.45) is 4.87. The van der Waals surface area contributed by atoms with E-state index in [0.29, 0.717) is 18.2 Å². The van der Waals surface area contributed by atoms with Gasteiger partial charge in [0, 0.05) is 12.1 Å². The third kappa shape index (κ3) is 5.85. The molecular formula is C22H33ClN4O2+2. The van der Waals surface area contributed by atoms with E-state index < -0.39 is 5.54 Å². The number of benzene rings is 1. The van der Waals surface area contributed by atoms with Gasteiger partial charge in [0.2, 0.25) is 0 Å². The molecular weight excluding hydrogens is 388 g/mol. The van der Waals surface area contributed by atoms with Crippen LogP contribution in [0.3, 0.4) is 0 Å². The van der Waals surface area contributed by atoms with E-state index in [-0.39, 0.29) is 5.91 Å². The van der Waals surface area contributed by atoms with Crippen molar-refractivity contribution in [3.63, 3.8) is 0 Å². The van der Waals surface area contributed by atoms with Gasteiger partial charge in [0.05, 0.1) is 6.07 Å². The third-order valence-electron chi connectivity index (χ3n) is 6.51. The van der Waals surface area contributed by atoms with Crippen LogP contribution in [0.25, 0.3) is 0 Å². The molecule has 158 valence electrons. The smallest absolute Gasteiger partial charge is 0.278 e. The second-order valence-corrected chi connectivity index (χ2v) is 8.82. The minimum Gasteiger partial charge on any atom is -0.488 e. The molecule has 3 rings (SSSR count). The van der Waals surface area contributed by atoms with E-state index >= 15 is 0 Å². The number of ether oxygens (including phenoxy) is 1. The first kappa shape index (κ1) is 21.9. The molecule has 29 heavy (non-hydrogen) atoms. The van der Waals surface area contributed by atoms with E-state index in [2.05, 4.69) is 6.07 Å². The minimum atomic E-state index is -0.582. The molecule has 1 aromatic rings. The number of amides is 1. The Kier molecular flexibility index (Phi) is 7.77. The summed E-state index contributed by atoms with van der Waals surface area (Å²) in [6, 6.07) is 9.91. The van der Waals surface area contributed by atoms with Crippen LogP contribution in [0.15, 0.2) is 24.3 Å². The Morgan fingerprint density at radius 3 is 2.38 bits per heavy atom. The van der Waals surface area contributed by atoms with Crippen molar-refractivity contribution < 1.29 is 19.3 Å². The number of quaternary nitrogens is 2. The van der Waals surface area contributed by atoms with Crippen LogP contribution in [0.1, 0.15) is 32.1 Å². The summed E-state index contributed by atoms with van der Waals surface area (Å²) in [6.45, 7) is 6.18. The number of carbonyl (C=O) groups excluding carboxylic acids is 1. The second kappa shape index (κ2) is 10.3. The Hall–Kier alpha value is -1.81. The van der Waals surface area contributed by atoms with Crippen LogP contribution in [0, 0.1) is 11.3 Å². The second-order valence-electron chi connectivity index (χ2n) is 8.39. The molecule has 0 radical (unpaired) electrons. The number of hydrogen-bond acceptors (Lipinski definition) is 3. The molecule has 1 heterocycles. The summed E-state index contributed by atoms with van der Waals surface area (Å²) >= 11 is 5.89. The number of likely N-dealkylation sites (N-methyl/N-ethyl adjacent to an activating group) is 1. The molecule has 1 saturated carbocycles. The Balaban J connectivity index is 1.38. The van der Waals surface area contributed by atoms with Crippen molar-refractivity contribution >= 4 is 17.5 Å².